The minimum absolute atomic E-state index is 0.00545. The van der Waals surface area contributed by atoms with Crippen molar-refractivity contribution in [1.82, 2.24) is 9.80 Å². The van der Waals surface area contributed by atoms with E-state index in [4.69, 9.17) is 14.2 Å². The molecule has 0 N–H and O–H groups in total. The monoisotopic (exact) mass is 500 g/mol. The lowest BCUT2D eigenvalue weighted by molar-refractivity contribution is 0.0724. The van der Waals surface area contributed by atoms with Crippen molar-refractivity contribution in [3.05, 3.63) is 89.0 Å². The van der Waals surface area contributed by atoms with Crippen molar-refractivity contribution in [2.24, 2.45) is 0 Å². The molecule has 0 aromatic heterocycles. The van der Waals surface area contributed by atoms with E-state index in [1.165, 1.54) is 16.7 Å². The number of amides is 1. The maximum Gasteiger partial charge on any atom is 0.254 e. The minimum Gasteiger partial charge on any atom is -0.491 e. The summed E-state index contributed by atoms with van der Waals surface area (Å²) in [5.41, 5.74) is 4.39. The molecule has 2 aliphatic rings. The molecule has 0 saturated heterocycles. The molecule has 0 radical (unpaired) electrons. The van der Waals surface area contributed by atoms with E-state index in [9.17, 15) is 4.79 Å². The number of hydrogen-bond donors (Lipinski definition) is 0. The highest BCUT2D eigenvalue weighted by Crippen LogP contribution is 2.33. The van der Waals surface area contributed by atoms with Crippen molar-refractivity contribution in [3.8, 4) is 17.2 Å². The quantitative estimate of drug-likeness (QED) is 0.456. The second kappa shape index (κ2) is 11.7. The molecule has 0 bridgehead atoms. The Labute approximate surface area is 219 Å². The minimum atomic E-state index is -0.00545. The molecule has 6 heteroatoms. The van der Waals surface area contributed by atoms with Crippen LogP contribution in [0.3, 0.4) is 0 Å². The van der Waals surface area contributed by atoms with Crippen molar-refractivity contribution >= 4 is 5.91 Å². The van der Waals surface area contributed by atoms with Crippen LogP contribution in [-0.2, 0) is 6.54 Å². The van der Waals surface area contributed by atoms with Crippen LogP contribution < -0.4 is 14.2 Å². The Morgan fingerprint density at radius 3 is 2.51 bits per heavy atom. The summed E-state index contributed by atoms with van der Waals surface area (Å²) in [6.07, 6.45) is 3.02. The Morgan fingerprint density at radius 1 is 0.838 bits per heavy atom. The van der Waals surface area contributed by atoms with Crippen molar-refractivity contribution in [2.75, 3.05) is 40.1 Å². The van der Waals surface area contributed by atoms with Crippen LogP contribution in [0.5, 0.6) is 17.2 Å². The van der Waals surface area contributed by atoms with Crippen molar-refractivity contribution < 1.29 is 19.0 Å². The summed E-state index contributed by atoms with van der Waals surface area (Å²) in [6, 6.07) is 22.6. The fourth-order valence-corrected chi connectivity index (χ4v) is 5.24. The van der Waals surface area contributed by atoms with E-state index < -0.39 is 0 Å². The third-order valence-electron chi connectivity index (χ3n) is 7.29. The molecule has 194 valence electrons. The van der Waals surface area contributed by atoms with Crippen LogP contribution in [0, 0.1) is 6.92 Å². The number of fused-ring (bicyclic) bond motifs is 2. The van der Waals surface area contributed by atoms with Gasteiger partial charge < -0.3 is 24.0 Å². The van der Waals surface area contributed by atoms with E-state index in [0.717, 1.165) is 38.1 Å². The van der Waals surface area contributed by atoms with Crippen LogP contribution >= 0.6 is 0 Å². The number of carbonyl (C=O) groups is 1. The third-order valence-corrected chi connectivity index (χ3v) is 7.29. The summed E-state index contributed by atoms with van der Waals surface area (Å²) in [6.45, 7) is 5.77. The molecule has 0 aliphatic carbocycles. The van der Waals surface area contributed by atoms with Crippen LogP contribution in [0.1, 0.15) is 52.2 Å². The highest BCUT2D eigenvalue weighted by atomic mass is 16.7. The topological polar surface area (TPSA) is 51.2 Å². The lowest BCUT2D eigenvalue weighted by Crippen LogP contribution is -2.36. The summed E-state index contributed by atoms with van der Waals surface area (Å²) >= 11 is 0. The van der Waals surface area contributed by atoms with E-state index in [1.807, 2.05) is 17.0 Å². The normalized spacial score (nSPS) is 19.0. The van der Waals surface area contributed by atoms with Gasteiger partial charge in [-0.2, -0.15) is 0 Å². The first-order valence-electron chi connectivity index (χ1n) is 13.2. The molecular formula is C31H36N2O4. The summed E-state index contributed by atoms with van der Waals surface area (Å²) in [5, 5.41) is 0. The lowest BCUT2D eigenvalue weighted by Gasteiger charge is -2.27. The number of nitrogens with zero attached hydrogens (tertiary/aromatic N) is 2. The van der Waals surface area contributed by atoms with Gasteiger partial charge in [-0.15, -0.1) is 0 Å². The molecule has 0 saturated carbocycles. The number of hydrogen-bond acceptors (Lipinski definition) is 5. The molecule has 37 heavy (non-hydrogen) atoms. The molecule has 2 heterocycles. The number of aryl methyl sites for hydroxylation is 1. The maximum absolute atomic E-state index is 13.6. The number of benzene rings is 3. The van der Waals surface area contributed by atoms with E-state index in [0.29, 0.717) is 42.7 Å². The lowest BCUT2D eigenvalue weighted by atomic mass is 9.91. The second-order valence-corrected chi connectivity index (χ2v) is 10.1. The van der Waals surface area contributed by atoms with Gasteiger partial charge in [0.15, 0.2) is 11.5 Å². The fraction of sp³-hybridized carbons (Fsp3) is 0.387. The van der Waals surface area contributed by atoms with Gasteiger partial charge in [0.25, 0.3) is 5.91 Å². The first-order chi connectivity index (χ1) is 18.1. The predicted molar refractivity (Wildman–Crippen MR) is 145 cm³/mol. The Morgan fingerprint density at radius 2 is 1.65 bits per heavy atom. The zero-order valence-corrected chi connectivity index (χ0v) is 21.8. The maximum atomic E-state index is 13.6. The first kappa shape index (κ1) is 25.2. The second-order valence-electron chi connectivity index (χ2n) is 10.1. The van der Waals surface area contributed by atoms with Gasteiger partial charge in [0.2, 0.25) is 6.79 Å². The fourth-order valence-electron chi connectivity index (χ4n) is 5.24. The van der Waals surface area contributed by atoms with Gasteiger partial charge in [0.05, 0.1) is 6.54 Å². The van der Waals surface area contributed by atoms with E-state index in [2.05, 4.69) is 67.4 Å². The number of carbonyl (C=O) groups excluding carboxylic acids is 1. The number of ether oxygens (including phenoxy) is 3. The molecule has 3 aromatic carbocycles. The molecule has 3 aromatic rings. The standard InChI is InChI=1S/C31H36N2O4/c1-23-10-12-28-27(19-23)21-32(2)16-14-25(24-7-4-3-5-8-24)9-6-15-33(17-18-35-28)31(34)26-11-13-29-30(20-26)37-22-36-29/h3-5,7-8,10-13,19-20,25H,6,9,14-18,21-22H2,1-2H3. The average molecular weight is 501 g/mol. The van der Waals surface area contributed by atoms with E-state index in [1.54, 1.807) is 6.07 Å². The Kier molecular flexibility index (Phi) is 7.95. The van der Waals surface area contributed by atoms with E-state index in [-0.39, 0.29) is 12.7 Å². The molecular weight excluding hydrogens is 464 g/mol. The van der Waals surface area contributed by atoms with Crippen LogP contribution in [-0.4, -0.2) is 55.8 Å². The van der Waals surface area contributed by atoms with Crippen LogP contribution in [0.25, 0.3) is 0 Å². The SMILES string of the molecule is Cc1ccc2c(c1)CN(C)CCC(c1ccccc1)CCCN(C(=O)c1ccc3c(c1)OCO3)CCO2. The predicted octanol–water partition coefficient (Wildman–Crippen LogP) is 5.64. The van der Waals surface area contributed by atoms with Gasteiger partial charge >= 0.3 is 0 Å². The largest absolute Gasteiger partial charge is 0.491 e. The molecule has 6 nitrogen and oxygen atoms in total. The molecule has 2 aliphatic heterocycles. The summed E-state index contributed by atoms with van der Waals surface area (Å²) < 4.78 is 17.2. The van der Waals surface area contributed by atoms with Crippen molar-refractivity contribution in [3.63, 3.8) is 0 Å². The van der Waals surface area contributed by atoms with E-state index >= 15 is 0 Å². The molecule has 1 atom stereocenters. The van der Waals surface area contributed by atoms with Gasteiger partial charge in [-0.1, -0.05) is 48.0 Å². The van der Waals surface area contributed by atoms with Crippen molar-refractivity contribution in [1.29, 1.82) is 0 Å². The molecule has 5 rings (SSSR count). The number of rotatable bonds is 2. The van der Waals surface area contributed by atoms with Gasteiger partial charge in [-0.05, 0) is 75.5 Å². The molecule has 1 unspecified atom stereocenters. The zero-order chi connectivity index (χ0) is 25.6. The van der Waals surface area contributed by atoms with Crippen LogP contribution in [0.2, 0.25) is 0 Å². The van der Waals surface area contributed by atoms with Gasteiger partial charge in [-0.25, -0.2) is 0 Å². The average Bonchev–Trinajstić information content (AvgIpc) is 3.38. The van der Waals surface area contributed by atoms with Gasteiger partial charge in [0, 0.05) is 24.2 Å². The Balaban J connectivity index is 1.39. The zero-order valence-electron chi connectivity index (χ0n) is 21.8. The summed E-state index contributed by atoms with van der Waals surface area (Å²) in [5.74, 6) is 2.64. The first-order valence-corrected chi connectivity index (χ1v) is 13.2. The van der Waals surface area contributed by atoms with Crippen molar-refractivity contribution in [2.45, 2.75) is 38.6 Å². The highest BCUT2D eigenvalue weighted by molar-refractivity contribution is 5.95. The Bertz CT molecular complexity index is 1210. The highest BCUT2D eigenvalue weighted by Gasteiger charge is 2.22. The smallest absolute Gasteiger partial charge is 0.254 e. The third kappa shape index (κ3) is 6.25. The van der Waals surface area contributed by atoms with Gasteiger partial charge in [0.1, 0.15) is 12.4 Å². The molecule has 1 amide bonds. The van der Waals surface area contributed by atoms with Crippen LogP contribution in [0.15, 0.2) is 66.7 Å². The summed E-state index contributed by atoms with van der Waals surface area (Å²) in [7, 11) is 2.19. The summed E-state index contributed by atoms with van der Waals surface area (Å²) in [4.78, 5) is 17.9. The van der Waals surface area contributed by atoms with Crippen LogP contribution in [0.4, 0.5) is 0 Å². The van der Waals surface area contributed by atoms with Gasteiger partial charge in [-0.3, -0.25) is 4.79 Å². The molecule has 0 spiro atoms. The molecule has 0 fully saturated rings. The Hall–Kier alpha value is -3.51.